The van der Waals surface area contributed by atoms with Gasteiger partial charge < -0.3 is 15.0 Å². The van der Waals surface area contributed by atoms with Crippen molar-refractivity contribution >= 4 is 23.0 Å². The molecule has 0 spiro atoms. The minimum Gasteiger partial charge on any atom is -0.475 e. The predicted molar refractivity (Wildman–Crippen MR) is 131 cm³/mol. The molecule has 0 saturated heterocycles. The summed E-state index contributed by atoms with van der Waals surface area (Å²) >= 11 is 0. The molecule has 0 aliphatic carbocycles. The van der Waals surface area contributed by atoms with Gasteiger partial charge in [-0.15, -0.1) is 0 Å². The molecule has 4 rings (SSSR count). The van der Waals surface area contributed by atoms with Crippen LogP contribution >= 0.6 is 0 Å². The highest BCUT2D eigenvalue weighted by atomic mass is 19.4. The Labute approximate surface area is 206 Å². The number of aromatic nitrogens is 4. The van der Waals surface area contributed by atoms with E-state index in [1.165, 1.54) is 12.1 Å². The number of carboxylic acids is 1. The van der Waals surface area contributed by atoms with E-state index in [0.29, 0.717) is 22.7 Å². The number of rotatable bonds is 7. The van der Waals surface area contributed by atoms with Crippen LogP contribution in [0.1, 0.15) is 48.1 Å². The van der Waals surface area contributed by atoms with E-state index in [9.17, 15) is 23.1 Å². The number of carboxylic acid groups (broad SMARTS) is 1. The Morgan fingerprint density at radius 1 is 1.06 bits per heavy atom. The zero-order valence-electron chi connectivity index (χ0n) is 20.3. The fraction of sp³-hybridized carbons (Fsp3) is 0.308. The Kier molecular flexibility index (Phi) is 6.71. The minimum absolute atomic E-state index is 0.0541. The normalized spacial score (nSPS) is 12.8. The van der Waals surface area contributed by atoms with E-state index in [1.54, 1.807) is 0 Å². The first-order valence-electron chi connectivity index (χ1n) is 11.5. The first-order valence-corrected chi connectivity index (χ1v) is 11.5. The second-order valence-corrected chi connectivity index (χ2v) is 9.14. The van der Waals surface area contributed by atoms with Crippen molar-refractivity contribution in [2.45, 2.75) is 46.5 Å². The van der Waals surface area contributed by atoms with Crippen molar-refractivity contribution in [3.63, 3.8) is 0 Å². The number of aromatic carboxylic acids is 1. The fourth-order valence-electron chi connectivity index (χ4n) is 3.75. The molecule has 2 heterocycles. The van der Waals surface area contributed by atoms with E-state index < -0.39 is 23.5 Å². The summed E-state index contributed by atoms with van der Waals surface area (Å²) in [6.45, 7) is 8.11. The number of benzene rings is 2. The molecule has 188 valence electrons. The van der Waals surface area contributed by atoms with Crippen molar-refractivity contribution in [2.75, 3.05) is 5.32 Å². The molecule has 2 N–H and O–H groups in total. The maximum atomic E-state index is 13.1. The summed E-state index contributed by atoms with van der Waals surface area (Å²) in [5.41, 5.74) is 2.29. The Balaban J connectivity index is 1.94. The van der Waals surface area contributed by atoms with E-state index >= 15 is 0 Å². The van der Waals surface area contributed by atoms with E-state index in [4.69, 9.17) is 0 Å². The van der Waals surface area contributed by atoms with Crippen LogP contribution in [0.25, 0.3) is 22.6 Å². The lowest BCUT2D eigenvalue weighted by atomic mass is 10.1. The molecule has 0 amide bonds. The van der Waals surface area contributed by atoms with Crippen molar-refractivity contribution in [1.82, 2.24) is 19.5 Å². The van der Waals surface area contributed by atoms with Crippen molar-refractivity contribution in [2.24, 2.45) is 5.92 Å². The lowest BCUT2D eigenvalue weighted by molar-refractivity contribution is -0.137. The van der Waals surface area contributed by atoms with Gasteiger partial charge in [0, 0.05) is 18.2 Å². The summed E-state index contributed by atoms with van der Waals surface area (Å²) in [7, 11) is 0. The molecule has 1 atom stereocenters. The molecule has 0 radical (unpaired) electrons. The highest BCUT2D eigenvalue weighted by Gasteiger charge is 2.30. The monoisotopic (exact) mass is 497 g/mol. The molecule has 0 unspecified atom stereocenters. The van der Waals surface area contributed by atoms with Gasteiger partial charge in [0.25, 0.3) is 0 Å². The van der Waals surface area contributed by atoms with Gasteiger partial charge in [0.2, 0.25) is 5.82 Å². The Hall–Kier alpha value is -3.95. The summed E-state index contributed by atoms with van der Waals surface area (Å²) in [6.07, 6.45) is -4.43. The Morgan fingerprint density at radius 3 is 2.33 bits per heavy atom. The van der Waals surface area contributed by atoms with E-state index in [1.807, 2.05) is 56.5 Å². The third-order valence-corrected chi connectivity index (χ3v) is 6.06. The number of aryl methyl sites for hydroxylation is 1. The first kappa shape index (κ1) is 25.2. The molecule has 2 aromatic carbocycles. The summed E-state index contributed by atoms with van der Waals surface area (Å²) in [6, 6.07) is 12.5. The number of carbonyl (C=O) groups is 1. The smallest absolute Gasteiger partial charge is 0.416 e. The van der Waals surface area contributed by atoms with Crippen LogP contribution in [0.15, 0.2) is 48.5 Å². The molecule has 0 saturated carbocycles. The third kappa shape index (κ3) is 5.17. The van der Waals surface area contributed by atoms with Crippen molar-refractivity contribution in [3.8, 4) is 11.4 Å². The van der Waals surface area contributed by atoms with E-state index in [0.717, 1.165) is 23.3 Å². The van der Waals surface area contributed by atoms with Crippen molar-refractivity contribution in [1.29, 1.82) is 0 Å². The molecule has 0 fully saturated rings. The summed E-state index contributed by atoms with van der Waals surface area (Å²) in [4.78, 5) is 24.8. The number of halogens is 3. The molecule has 0 aliphatic heterocycles. The molecule has 2 aromatic heterocycles. The van der Waals surface area contributed by atoms with Gasteiger partial charge in [0.05, 0.1) is 5.56 Å². The zero-order chi connectivity index (χ0) is 26.2. The maximum absolute atomic E-state index is 13.1. The average molecular weight is 498 g/mol. The van der Waals surface area contributed by atoms with Crippen LogP contribution in [0.2, 0.25) is 0 Å². The number of hydrogen-bond acceptors (Lipinski definition) is 5. The predicted octanol–water partition coefficient (Wildman–Crippen LogP) is 6.02. The van der Waals surface area contributed by atoms with Gasteiger partial charge in [-0.3, -0.25) is 0 Å². The summed E-state index contributed by atoms with van der Waals surface area (Å²) < 4.78 is 41.1. The number of nitrogens with one attached hydrogen (secondary N) is 1. The number of alkyl halides is 3. The molecular formula is C26H26F3N5O2. The third-order valence-electron chi connectivity index (χ3n) is 6.06. The van der Waals surface area contributed by atoms with Gasteiger partial charge in [-0.25, -0.2) is 19.7 Å². The largest absolute Gasteiger partial charge is 0.475 e. The Morgan fingerprint density at radius 2 is 1.75 bits per heavy atom. The van der Waals surface area contributed by atoms with Gasteiger partial charge in [0.15, 0.2) is 11.5 Å². The molecule has 4 aromatic rings. The highest BCUT2D eigenvalue weighted by Crippen LogP contribution is 2.32. The second kappa shape index (κ2) is 9.60. The lowest BCUT2D eigenvalue weighted by Gasteiger charge is -2.20. The Bertz CT molecular complexity index is 1410. The van der Waals surface area contributed by atoms with E-state index in [2.05, 4.69) is 20.3 Å². The van der Waals surface area contributed by atoms with Gasteiger partial charge in [-0.1, -0.05) is 49.7 Å². The van der Waals surface area contributed by atoms with Crippen LogP contribution in [0.3, 0.4) is 0 Å². The molecule has 10 heteroatoms. The minimum atomic E-state index is -4.43. The molecule has 0 bridgehead atoms. The molecule has 36 heavy (non-hydrogen) atoms. The average Bonchev–Trinajstić information content (AvgIpc) is 3.17. The fourth-order valence-corrected chi connectivity index (χ4v) is 3.75. The number of hydrogen-bond donors (Lipinski definition) is 2. The second-order valence-electron chi connectivity index (χ2n) is 9.14. The van der Waals surface area contributed by atoms with E-state index in [-0.39, 0.29) is 24.2 Å². The van der Waals surface area contributed by atoms with Gasteiger partial charge in [0.1, 0.15) is 11.3 Å². The molecule has 0 aliphatic rings. The number of imidazole rings is 1. The number of nitrogens with zero attached hydrogens (tertiary/aromatic N) is 4. The van der Waals surface area contributed by atoms with Crippen LogP contribution in [0, 0.1) is 12.8 Å². The van der Waals surface area contributed by atoms with Gasteiger partial charge in [-0.2, -0.15) is 13.2 Å². The lowest BCUT2D eigenvalue weighted by Crippen LogP contribution is -2.23. The standard InChI is InChI=1S/C26H26F3N5O2/c1-14(2)16(4)30-21-20-22(32-23(31-21)25(35)36)33-24(18-7-5-6-15(3)12-18)34(20)13-17-8-10-19(11-9-17)26(27,28)29/h5-12,14,16H,13H2,1-4H3,(H,35,36)(H,30,31,32)/t16-/m0/s1. The summed E-state index contributed by atoms with van der Waals surface area (Å²) in [5.74, 6) is -0.657. The maximum Gasteiger partial charge on any atom is 0.416 e. The molecular weight excluding hydrogens is 471 g/mol. The SMILES string of the molecule is Cc1cccc(-c2nc3nc(C(=O)O)nc(N[C@@H](C)C(C)C)c3n2Cc2ccc(C(F)(F)F)cc2)c1. The van der Waals surface area contributed by atoms with Crippen molar-refractivity contribution < 1.29 is 23.1 Å². The van der Waals surface area contributed by atoms with Gasteiger partial charge >= 0.3 is 12.1 Å². The van der Waals surface area contributed by atoms with Crippen LogP contribution in [0.5, 0.6) is 0 Å². The van der Waals surface area contributed by atoms with Crippen molar-refractivity contribution in [3.05, 3.63) is 71.0 Å². The van der Waals surface area contributed by atoms with Crippen LogP contribution in [-0.2, 0) is 12.7 Å². The molecule has 7 nitrogen and oxygen atoms in total. The first-order chi connectivity index (χ1) is 16.9. The number of fused-ring (bicyclic) bond motifs is 1. The summed E-state index contributed by atoms with van der Waals surface area (Å²) in [5, 5.41) is 12.9. The zero-order valence-corrected chi connectivity index (χ0v) is 20.3. The van der Waals surface area contributed by atoms with Gasteiger partial charge in [-0.05, 0) is 43.5 Å². The quantitative estimate of drug-likeness (QED) is 0.324. The number of anilines is 1. The van der Waals surface area contributed by atoms with Crippen LogP contribution in [0.4, 0.5) is 19.0 Å². The van der Waals surface area contributed by atoms with Crippen LogP contribution < -0.4 is 5.32 Å². The van der Waals surface area contributed by atoms with Crippen LogP contribution in [-0.4, -0.2) is 36.6 Å². The topological polar surface area (TPSA) is 92.9 Å². The highest BCUT2D eigenvalue weighted by molar-refractivity contribution is 5.92.